The number of fused-ring (bicyclic) bond motifs is 2. The van der Waals surface area contributed by atoms with Crippen LogP contribution < -0.4 is 5.56 Å². The van der Waals surface area contributed by atoms with E-state index in [0.717, 1.165) is 42.3 Å². The highest BCUT2D eigenvalue weighted by molar-refractivity contribution is 5.87. The maximum absolute atomic E-state index is 13.4. The Morgan fingerprint density at radius 3 is 2.79 bits per heavy atom. The molecule has 1 aliphatic heterocycles. The number of benzene rings is 1. The van der Waals surface area contributed by atoms with Crippen molar-refractivity contribution in [3.8, 4) is 22.6 Å². The Labute approximate surface area is 195 Å². The van der Waals surface area contributed by atoms with E-state index in [1.165, 1.54) is 25.7 Å². The number of hydrogen-bond donors (Lipinski definition) is 0. The molecule has 4 aromatic heterocycles. The summed E-state index contributed by atoms with van der Waals surface area (Å²) >= 11 is 0. The molecule has 1 aliphatic carbocycles. The Morgan fingerprint density at radius 2 is 1.94 bits per heavy atom. The van der Waals surface area contributed by atoms with Gasteiger partial charge in [-0.1, -0.05) is 6.07 Å². The van der Waals surface area contributed by atoms with Crippen molar-refractivity contribution in [1.82, 2.24) is 33.6 Å². The Balaban J connectivity index is 1.32. The van der Waals surface area contributed by atoms with E-state index in [4.69, 9.17) is 14.5 Å². The Kier molecular flexibility index (Phi) is 4.45. The second-order valence-corrected chi connectivity index (χ2v) is 9.30. The largest absolute Gasteiger partial charge is 0.432 e. The molecule has 34 heavy (non-hydrogen) atoms. The molecule has 0 amide bonds. The van der Waals surface area contributed by atoms with Crippen LogP contribution in [0.5, 0.6) is 0 Å². The number of likely N-dealkylation sites (tertiary alicyclic amines) is 1. The summed E-state index contributed by atoms with van der Waals surface area (Å²) in [7, 11) is 0. The highest BCUT2D eigenvalue weighted by Crippen LogP contribution is 2.37. The second kappa shape index (κ2) is 7.66. The summed E-state index contributed by atoms with van der Waals surface area (Å²) in [5.74, 6) is 0.500. The third-order valence-corrected chi connectivity index (χ3v) is 6.99. The lowest BCUT2D eigenvalue weighted by Crippen LogP contribution is -2.29. The molecule has 0 bridgehead atoms. The van der Waals surface area contributed by atoms with Gasteiger partial charge in [0, 0.05) is 31.0 Å². The molecule has 0 spiro atoms. The van der Waals surface area contributed by atoms with Crippen LogP contribution in [-0.2, 0) is 6.54 Å². The van der Waals surface area contributed by atoms with Crippen LogP contribution in [0.2, 0.25) is 0 Å². The van der Waals surface area contributed by atoms with Gasteiger partial charge in [0.25, 0.3) is 5.56 Å². The van der Waals surface area contributed by atoms with Gasteiger partial charge in [-0.25, -0.2) is 4.98 Å². The summed E-state index contributed by atoms with van der Waals surface area (Å²) in [4.78, 5) is 25.0. The molecule has 9 nitrogen and oxygen atoms in total. The normalized spacial score (nSPS) is 16.8. The van der Waals surface area contributed by atoms with Gasteiger partial charge in [0.05, 0.1) is 29.0 Å². The number of nitrogens with zero attached hydrogens (tertiary/aromatic N) is 7. The summed E-state index contributed by atoms with van der Waals surface area (Å²) < 4.78 is 11.3. The molecule has 1 saturated carbocycles. The second-order valence-electron chi connectivity index (χ2n) is 9.30. The van der Waals surface area contributed by atoms with Gasteiger partial charge in [-0.05, 0) is 57.0 Å². The van der Waals surface area contributed by atoms with Crippen LogP contribution in [0.1, 0.15) is 31.7 Å². The van der Waals surface area contributed by atoms with E-state index >= 15 is 0 Å². The first kappa shape index (κ1) is 19.7. The van der Waals surface area contributed by atoms with Crippen molar-refractivity contribution in [1.29, 1.82) is 0 Å². The third-order valence-electron chi connectivity index (χ3n) is 6.99. The summed E-state index contributed by atoms with van der Waals surface area (Å²) in [6.45, 7) is 3.75. The van der Waals surface area contributed by atoms with Gasteiger partial charge < -0.3 is 9.32 Å². The van der Waals surface area contributed by atoms with Gasteiger partial charge in [-0.2, -0.15) is 10.1 Å². The molecule has 1 aromatic carbocycles. The van der Waals surface area contributed by atoms with Gasteiger partial charge >= 0.3 is 5.84 Å². The summed E-state index contributed by atoms with van der Waals surface area (Å²) in [5, 5.41) is 5.38. The molecule has 0 radical (unpaired) electrons. The van der Waals surface area contributed by atoms with Crippen LogP contribution in [0, 0.1) is 0 Å². The van der Waals surface area contributed by atoms with E-state index in [1.54, 1.807) is 17.2 Å². The molecule has 172 valence electrons. The minimum atomic E-state index is -0.0152. The van der Waals surface area contributed by atoms with Crippen molar-refractivity contribution in [2.45, 2.75) is 38.3 Å². The molecule has 1 saturated heterocycles. The predicted molar refractivity (Wildman–Crippen MR) is 128 cm³/mol. The van der Waals surface area contributed by atoms with E-state index in [0.29, 0.717) is 29.3 Å². The molecule has 2 aliphatic rings. The van der Waals surface area contributed by atoms with Gasteiger partial charge in [0.2, 0.25) is 0 Å². The number of hydrogen-bond acceptors (Lipinski definition) is 6. The molecule has 0 atom stereocenters. The first-order chi connectivity index (χ1) is 16.7. The quantitative estimate of drug-likeness (QED) is 0.389. The molecule has 9 heteroatoms. The zero-order valence-corrected chi connectivity index (χ0v) is 18.8. The fourth-order valence-corrected chi connectivity index (χ4v) is 4.97. The van der Waals surface area contributed by atoms with Crippen molar-refractivity contribution in [2.75, 3.05) is 19.6 Å². The molecule has 7 rings (SSSR count). The summed E-state index contributed by atoms with van der Waals surface area (Å²) in [6, 6.07) is 8.31. The topological polar surface area (TPSA) is 86.4 Å². The highest BCUT2D eigenvalue weighted by atomic mass is 16.3. The van der Waals surface area contributed by atoms with E-state index < -0.39 is 0 Å². The van der Waals surface area contributed by atoms with E-state index in [-0.39, 0.29) is 5.56 Å². The number of imidazole rings is 1. The summed E-state index contributed by atoms with van der Waals surface area (Å²) in [5.41, 5.74) is 3.97. The first-order valence-corrected chi connectivity index (χ1v) is 12.0. The SMILES string of the molecule is O=c1c2cc(-c3c(-c4ccn(C5CC5)n4)nc4occn34)ccc2ncn1CCN1CCCC1. The average Bonchev–Trinajstić information content (AvgIpc) is 3.27. The minimum Gasteiger partial charge on any atom is -0.432 e. The average molecular weight is 456 g/mol. The van der Waals surface area contributed by atoms with Gasteiger partial charge in [0.1, 0.15) is 17.7 Å². The Morgan fingerprint density at radius 1 is 1.06 bits per heavy atom. The lowest BCUT2D eigenvalue weighted by Gasteiger charge is -2.15. The maximum atomic E-state index is 13.4. The molecule has 5 aromatic rings. The van der Waals surface area contributed by atoms with Crippen molar-refractivity contribution in [3.63, 3.8) is 0 Å². The Bertz CT molecular complexity index is 1560. The molecule has 2 fully saturated rings. The molecule has 0 unspecified atom stereocenters. The van der Waals surface area contributed by atoms with E-state index in [2.05, 4.69) is 9.88 Å². The lowest BCUT2D eigenvalue weighted by atomic mass is 10.1. The van der Waals surface area contributed by atoms with Gasteiger partial charge in [-0.3, -0.25) is 18.4 Å². The third kappa shape index (κ3) is 3.27. The van der Waals surface area contributed by atoms with Crippen molar-refractivity contribution < 1.29 is 4.42 Å². The molecule has 0 N–H and O–H groups in total. The summed E-state index contributed by atoms with van der Waals surface area (Å²) in [6.07, 6.45) is 12.0. The molecule has 5 heterocycles. The lowest BCUT2D eigenvalue weighted by molar-refractivity contribution is 0.320. The smallest absolute Gasteiger partial charge is 0.306 e. The fourth-order valence-electron chi connectivity index (χ4n) is 4.97. The Hall–Kier alpha value is -3.72. The standard InChI is InChI=1S/C25H25N7O2/c33-24-19-15-17(3-6-20(19)26-16-30(24)12-11-29-8-1-2-9-29)23-22(27-25-31(23)13-14-34-25)21-7-10-32(28-21)18-4-5-18/h3,6-7,10,13-16,18H,1-2,4-5,8-9,11-12H2. The number of rotatable bonds is 6. The van der Waals surface area contributed by atoms with Crippen molar-refractivity contribution in [3.05, 3.63) is 59.6 Å². The van der Waals surface area contributed by atoms with Gasteiger partial charge in [-0.15, -0.1) is 0 Å². The predicted octanol–water partition coefficient (Wildman–Crippen LogP) is 3.60. The van der Waals surface area contributed by atoms with Crippen molar-refractivity contribution in [2.24, 2.45) is 0 Å². The zero-order chi connectivity index (χ0) is 22.6. The van der Waals surface area contributed by atoms with E-state index in [9.17, 15) is 4.79 Å². The van der Waals surface area contributed by atoms with Crippen LogP contribution in [-0.4, -0.2) is 53.3 Å². The van der Waals surface area contributed by atoms with Crippen LogP contribution in [0.15, 0.2) is 58.5 Å². The fraction of sp³-hybridized carbons (Fsp3) is 0.360. The highest BCUT2D eigenvalue weighted by Gasteiger charge is 2.26. The van der Waals surface area contributed by atoms with Crippen molar-refractivity contribution >= 4 is 16.7 Å². The van der Waals surface area contributed by atoms with E-state index in [1.807, 2.05) is 45.7 Å². The monoisotopic (exact) mass is 455 g/mol. The maximum Gasteiger partial charge on any atom is 0.306 e. The van der Waals surface area contributed by atoms with Crippen LogP contribution in [0.25, 0.3) is 39.4 Å². The molecular formula is C25H25N7O2. The first-order valence-electron chi connectivity index (χ1n) is 12.0. The number of oxazole rings is 1. The van der Waals surface area contributed by atoms with Crippen LogP contribution >= 0.6 is 0 Å². The minimum absolute atomic E-state index is 0.0152. The van der Waals surface area contributed by atoms with Crippen LogP contribution in [0.3, 0.4) is 0 Å². The number of aromatic nitrogens is 6. The molecular weight excluding hydrogens is 430 g/mol. The zero-order valence-electron chi connectivity index (χ0n) is 18.8. The van der Waals surface area contributed by atoms with Crippen LogP contribution in [0.4, 0.5) is 0 Å². The van der Waals surface area contributed by atoms with Gasteiger partial charge in [0.15, 0.2) is 0 Å².